The first-order valence-corrected chi connectivity index (χ1v) is 10.1. The molecule has 0 bridgehead atoms. The van der Waals surface area contributed by atoms with Crippen LogP contribution in [0.3, 0.4) is 0 Å². The van der Waals surface area contributed by atoms with Crippen LogP contribution in [0, 0.1) is 0 Å². The first-order chi connectivity index (χ1) is 13.3. The fourth-order valence-electron chi connectivity index (χ4n) is 3.46. The van der Waals surface area contributed by atoms with Gasteiger partial charge >= 0.3 is 0 Å². The van der Waals surface area contributed by atoms with E-state index in [1.54, 1.807) is 0 Å². The van der Waals surface area contributed by atoms with Crippen LogP contribution >= 0.6 is 11.3 Å². The van der Waals surface area contributed by atoms with E-state index in [0.717, 1.165) is 36.9 Å². The van der Waals surface area contributed by atoms with Gasteiger partial charge in [0.25, 0.3) is 5.91 Å². The smallest absolute Gasteiger partial charge is 0.263 e. The van der Waals surface area contributed by atoms with Gasteiger partial charge in [-0.3, -0.25) is 9.69 Å². The predicted octanol–water partition coefficient (Wildman–Crippen LogP) is 3.34. The van der Waals surface area contributed by atoms with Crippen molar-refractivity contribution >= 4 is 17.2 Å². The van der Waals surface area contributed by atoms with Crippen LogP contribution in [0.25, 0.3) is 5.69 Å². The zero-order chi connectivity index (χ0) is 18.5. The summed E-state index contributed by atoms with van der Waals surface area (Å²) in [5, 5.41) is 5.12. The molecule has 0 radical (unpaired) electrons. The lowest BCUT2D eigenvalue weighted by Crippen LogP contribution is -2.43. The van der Waals surface area contributed by atoms with Gasteiger partial charge in [-0.1, -0.05) is 30.3 Å². The third-order valence-corrected chi connectivity index (χ3v) is 5.76. The lowest BCUT2D eigenvalue weighted by atomic mass is 10.0. The molecule has 0 spiro atoms. The van der Waals surface area contributed by atoms with Crippen molar-refractivity contribution in [2.24, 2.45) is 0 Å². The number of carbonyl (C=O) groups excluding carboxylic acids is 1. The largest absolute Gasteiger partial charge is 0.379 e. The summed E-state index contributed by atoms with van der Waals surface area (Å²) in [4.78, 5) is 16.0. The van der Waals surface area contributed by atoms with Crippen LogP contribution < -0.4 is 5.32 Å². The van der Waals surface area contributed by atoms with E-state index in [1.807, 2.05) is 58.7 Å². The van der Waals surface area contributed by atoms with E-state index in [9.17, 15) is 4.79 Å². The topological polar surface area (TPSA) is 46.5 Å². The van der Waals surface area contributed by atoms with E-state index in [4.69, 9.17) is 4.74 Å². The minimum atomic E-state index is -0.0251. The number of rotatable bonds is 6. The zero-order valence-electron chi connectivity index (χ0n) is 15.1. The van der Waals surface area contributed by atoms with Crippen molar-refractivity contribution in [1.29, 1.82) is 0 Å². The average Bonchev–Trinajstić information content (AvgIpc) is 3.41. The number of hydrogen-bond donors (Lipinski definition) is 1. The summed E-state index contributed by atoms with van der Waals surface area (Å²) < 4.78 is 7.47. The molecule has 0 saturated carbocycles. The van der Waals surface area contributed by atoms with E-state index < -0.39 is 0 Å². The van der Waals surface area contributed by atoms with E-state index in [1.165, 1.54) is 16.9 Å². The summed E-state index contributed by atoms with van der Waals surface area (Å²) in [6.07, 6.45) is 3.92. The number of nitrogens with zero attached hydrogens (tertiary/aromatic N) is 2. The van der Waals surface area contributed by atoms with Crippen LogP contribution in [0.4, 0.5) is 0 Å². The van der Waals surface area contributed by atoms with Gasteiger partial charge in [0.15, 0.2) is 0 Å². The minimum absolute atomic E-state index is 0.0251. The Labute approximate surface area is 163 Å². The lowest BCUT2D eigenvalue weighted by Gasteiger charge is -2.34. The molecule has 1 unspecified atom stereocenters. The van der Waals surface area contributed by atoms with Gasteiger partial charge in [-0.15, -0.1) is 11.3 Å². The summed E-state index contributed by atoms with van der Waals surface area (Å²) >= 11 is 1.47. The van der Waals surface area contributed by atoms with Crippen molar-refractivity contribution in [2.45, 2.75) is 6.04 Å². The molecular weight excluding hydrogens is 358 g/mol. The lowest BCUT2D eigenvalue weighted by molar-refractivity contribution is 0.0162. The SMILES string of the molecule is O=C(NCC(c1ccccc1)N1CCOCC1)c1sccc1-n1cccc1. The summed E-state index contributed by atoms with van der Waals surface area (Å²) in [6, 6.07) is 16.4. The predicted molar refractivity (Wildman–Crippen MR) is 108 cm³/mol. The van der Waals surface area contributed by atoms with Gasteiger partial charge in [0.05, 0.1) is 24.9 Å². The Kier molecular flexibility index (Phi) is 5.67. The van der Waals surface area contributed by atoms with Crippen LogP contribution in [0.5, 0.6) is 0 Å². The molecule has 1 amide bonds. The minimum Gasteiger partial charge on any atom is -0.379 e. The van der Waals surface area contributed by atoms with Crippen LogP contribution in [0.2, 0.25) is 0 Å². The summed E-state index contributed by atoms with van der Waals surface area (Å²) in [5.41, 5.74) is 2.14. The highest BCUT2D eigenvalue weighted by Gasteiger charge is 2.24. The maximum absolute atomic E-state index is 12.9. The second kappa shape index (κ2) is 8.52. The number of benzene rings is 1. The van der Waals surface area contributed by atoms with Crippen molar-refractivity contribution < 1.29 is 9.53 Å². The molecule has 3 heterocycles. The van der Waals surface area contributed by atoms with Gasteiger partial charge in [0.2, 0.25) is 0 Å². The van der Waals surface area contributed by atoms with Gasteiger partial charge in [0.1, 0.15) is 4.88 Å². The highest BCUT2D eigenvalue weighted by molar-refractivity contribution is 7.12. The third-order valence-electron chi connectivity index (χ3n) is 4.86. The van der Waals surface area contributed by atoms with E-state index in [-0.39, 0.29) is 11.9 Å². The first-order valence-electron chi connectivity index (χ1n) is 9.19. The van der Waals surface area contributed by atoms with Crippen molar-refractivity contribution in [3.8, 4) is 5.69 Å². The number of nitrogens with one attached hydrogen (secondary N) is 1. The molecule has 1 aromatic carbocycles. The molecule has 27 heavy (non-hydrogen) atoms. The van der Waals surface area contributed by atoms with E-state index >= 15 is 0 Å². The van der Waals surface area contributed by atoms with Gasteiger partial charge < -0.3 is 14.6 Å². The molecular formula is C21H23N3O2S. The van der Waals surface area contributed by atoms with Crippen LogP contribution in [0.15, 0.2) is 66.3 Å². The zero-order valence-corrected chi connectivity index (χ0v) is 15.9. The Morgan fingerprint density at radius 3 is 2.56 bits per heavy atom. The number of morpholine rings is 1. The summed E-state index contributed by atoms with van der Waals surface area (Å²) in [5.74, 6) is -0.0251. The molecule has 1 aliphatic rings. The van der Waals surface area contributed by atoms with Crippen molar-refractivity contribution in [3.05, 3.63) is 76.7 Å². The van der Waals surface area contributed by atoms with Crippen molar-refractivity contribution in [3.63, 3.8) is 0 Å². The number of amides is 1. The Morgan fingerprint density at radius 2 is 1.81 bits per heavy atom. The molecule has 1 aliphatic heterocycles. The fourth-order valence-corrected chi connectivity index (χ4v) is 4.27. The molecule has 1 atom stereocenters. The van der Waals surface area contributed by atoms with Gasteiger partial charge in [-0.25, -0.2) is 0 Å². The maximum atomic E-state index is 12.9. The van der Waals surface area contributed by atoms with Crippen molar-refractivity contribution in [1.82, 2.24) is 14.8 Å². The van der Waals surface area contributed by atoms with Gasteiger partial charge in [-0.2, -0.15) is 0 Å². The monoisotopic (exact) mass is 381 g/mol. The van der Waals surface area contributed by atoms with Crippen LogP contribution in [-0.2, 0) is 4.74 Å². The Balaban J connectivity index is 1.49. The fraction of sp³-hybridized carbons (Fsp3) is 0.286. The molecule has 3 aromatic rings. The van der Waals surface area contributed by atoms with Crippen molar-refractivity contribution in [2.75, 3.05) is 32.8 Å². The van der Waals surface area contributed by atoms with E-state index in [0.29, 0.717) is 6.54 Å². The number of thiophene rings is 1. The number of ether oxygens (including phenoxy) is 1. The quantitative estimate of drug-likeness (QED) is 0.712. The van der Waals surface area contributed by atoms with Gasteiger partial charge in [-0.05, 0) is 29.1 Å². The highest BCUT2D eigenvalue weighted by Crippen LogP contribution is 2.23. The molecule has 0 aliphatic carbocycles. The second-order valence-electron chi connectivity index (χ2n) is 6.51. The van der Waals surface area contributed by atoms with Crippen LogP contribution in [-0.4, -0.2) is 48.2 Å². The highest BCUT2D eigenvalue weighted by atomic mass is 32.1. The van der Waals surface area contributed by atoms with Gasteiger partial charge in [0, 0.05) is 32.0 Å². The molecule has 1 fully saturated rings. The van der Waals surface area contributed by atoms with E-state index in [2.05, 4.69) is 22.3 Å². The molecule has 140 valence electrons. The average molecular weight is 382 g/mol. The standard InChI is InChI=1S/C21H23N3O2S/c25-21(20-18(8-15-27-20)23-9-4-5-10-23)22-16-19(17-6-2-1-3-7-17)24-11-13-26-14-12-24/h1-10,15,19H,11-14,16H2,(H,22,25). The maximum Gasteiger partial charge on any atom is 0.263 e. The number of aromatic nitrogens is 1. The number of carbonyl (C=O) groups is 1. The molecule has 1 N–H and O–H groups in total. The normalized spacial score (nSPS) is 16.1. The Bertz CT molecular complexity index is 855. The first kappa shape index (κ1) is 18.0. The Morgan fingerprint density at radius 1 is 1.07 bits per heavy atom. The second-order valence-corrected chi connectivity index (χ2v) is 7.43. The molecule has 1 saturated heterocycles. The summed E-state index contributed by atoms with van der Waals surface area (Å²) in [6.45, 7) is 3.80. The third kappa shape index (κ3) is 4.13. The molecule has 2 aromatic heterocycles. The van der Waals surface area contributed by atoms with Crippen LogP contribution in [0.1, 0.15) is 21.3 Å². The molecule has 4 rings (SSSR count). The molecule has 6 heteroatoms. The number of hydrogen-bond acceptors (Lipinski definition) is 4. The molecule has 5 nitrogen and oxygen atoms in total. The summed E-state index contributed by atoms with van der Waals surface area (Å²) in [7, 11) is 0. The Hall–Kier alpha value is -2.41.